The van der Waals surface area contributed by atoms with Crippen LogP contribution in [0.4, 0.5) is 87.8 Å². The molecule has 2 aromatic carbocycles. The van der Waals surface area contributed by atoms with E-state index < -0.39 is 178 Å². The Balaban J connectivity index is 0.000000780. The van der Waals surface area contributed by atoms with Crippen LogP contribution in [-0.2, 0) is 71.3 Å². The van der Waals surface area contributed by atoms with Crippen LogP contribution in [0.15, 0.2) is 78.9 Å². The van der Waals surface area contributed by atoms with Gasteiger partial charge in [0, 0.05) is 25.8 Å². The number of hydrogen-bond acceptors (Lipinski definition) is 14. The van der Waals surface area contributed by atoms with E-state index in [1.54, 1.807) is 12.2 Å². The molecule has 2 aromatic rings. The number of benzene rings is 2. The van der Waals surface area contributed by atoms with Gasteiger partial charge < -0.3 is 33.4 Å². The SMILES string of the molecule is C=C(C(=O)OC(OCCCCC(F)(F)C(F)(F)S(=O)(=O)[O-])(C(=O)Cc1ccc(C)cc1)C(F)(F)F)C(F)(F)F.C=C(C(=O)OC(OCCCCC(F)(F)C(F)(F)S(=O)(=O)[O-])(C(=O)NCc1ccccc1)C(F)(F)F)C(F)(F)F. The third kappa shape index (κ3) is 17.9. The van der Waals surface area contributed by atoms with Crippen LogP contribution in [0.5, 0.6) is 0 Å². The smallest absolute Gasteiger partial charge is 0.466 e. The van der Waals surface area contributed by atoms with Crippen LogP contribution in [0.1, 0.15) is 55.2 Å². The summed E-state index contributed by atoms with van der Waals surface area (Å²) in [5, 5.41) is -10.5. The molecule has 0 aromatic heterocycles. The van der Waals surface area contributed by atoms with Crippen molar-refractivity contribution in [3.8, 4) is 0 Å². The fourth-order valence-corrected chi connectivity index (χ4v) is 6.31. The molecule has 78 heavy (non-hydrogen) atoms. The minimum atomic E-state index is -6.84. The highest BCUT2D eigenvalue weighted by Gasteiger charge is 2.68. The molecule has 0 radical (unpaired) electrons. The van der Waals surface area contributed by atoms with Crippen molar-refractivity contribution in [3.63, 3.8) is 0 Å². The minimum absolute atomic E-state index is 0.130. The molecule has 2 rings (SSSR count). The molecule has 0 spiro atoms. The van der Waals surface area contributed by atoms with Crippen molar-refractivity contribution in [3.05, 3.63) is 95.6 Å². The number of hydrogen-bond donors (Lipinski definition) is 1. The standard InChI is InChI=1S/C21H20F10O7S.C20H19F10NO7S/c1-12-5-7-14(8-6-12)11-15(32)18(20(27,28)29,38-16(33)13(2)19(24,25)26)37-10-4-3-9-17(22,23)21(30,31)39(34,35)36;1-12(18(23,24)25)14(32)38-17(19(26,27)28,15(33)31-11-13-7-3-2-4-8-13)37-10-6-5-9-16(21,22)20(29,30)39(34,35)36/h5-8H,2-4,9-11H2,1H3,(H,34,35,36);2-4,7-8H,1,5-6,9-11H2,(H,31,33)(H,34,35,36)/p-2. The monoisotopic (exact) mass is 1210 g/mol. The highest BCUT2D eigenvalue weighted by atomic mass is 32.2. The topological polar surface area (TPSA) is 232 Å². The number of esters is 2. The van der Waals surface area contributed by atoms with Gasteiger partial charge in [0.2, 0.25) is 5.78 Å². The van der Waals surface area contributed by atoms with Gasteiger partial charge in [-0.1, -0.05) is 73.3 Å². The molecular formula is C41H37F20NO14S2-2. The Hall–Kier alpha value is -5.66. The second-order valence-electron chi connectivity index (χ2n) is 15.7. The molecule has 0 saturated heterocycles. The van der Waals surface area contributed by atoms with Crippen LogP contribution in [-0.4, -0.2) is 121 Å². The third-order valence-corrected chi connectivity index (χ3v) is 11.6. The van der Waals surface area contributed by atoms with E-state index in [9.17, 15) is 133 Å². The summed E-state index contributed by atoms with van der Waals surface area (Å²) in [6, 6.07) is 12.0. The first-order chi connectivity index (χ1) is 34.9. The predicted molar refractivity (Wildman–Crippen MR) is 217 cm³/mol. The number of amides is 1. The maximum atomic E-state index is 14.0. The Morgan fingerprint density at radius 2 is 0.885 bits per heavy atom. The highest BCUT2D eigenvalue weighted by molar-refractivity contribution is 7.87. The van der Waals surface area contributed by atoms with E-state index in [0.29, 0.717) is 5.56 Å². The molecule has 2 atom stereocenters. The van der Waals surface area contributed by atoms with Gasteiger partial charge in [-0.15, -0.1) is 0 Å². The first kappa shape index (κ1) is 70.4. The predicted octanol–water partition coefficient (Wildman–Crippen LogP) is 9.17. The molecule has 37 heteroatoms. The fourth-order valence-electron chi connectivity index (χ4n) is 5.38. The molecule has 0 fully saturated rings. The molecule has 0 saturated carbocycles. The lowest BCUT2D eigenvalue weighted by atomic mass is 10.0. The quantitative estimate of drug-likeness (QED) is 0.0231. The van der Waals surface area contributed by atoms with E-state index in [2.05, 4.69) is 32.1 Å². The van der Waals surface area contributed by atoms with Crippen LogP contribution >= 0.6 is 0 Å². The van der Waals surface area contributed by atoms with Gasteiger partial charge >= 0.3 is 76.5 Å². The summed E-state index contributed by atoms with van der Waals surface area (Å²) >= 11 is 0. The third-order valence-electron chi connectivity index (χ3n) is 9.70. The normalized spacial score (nSPS) is 14.9. The van der Waals surface area contributed by atoms with Gasteiger partial charge in [-0.25, -0.2) is 26.4 Å². The largest absolute Gasteiger partial charge is 0.743 e. The number of carbonyl (C=O) groups is 4. The minimum Gasteiger partial charge on any atom is -0.743 e. The first-order valence-electron chi connectivity index (χ1n) is 20.6. The first-order valence-corrected chi connectivity index (χ1v) is 23.4. The van der Waals surface area contributed by atoms with E-state index in [1.807, 2.05) is 0 Å². The molecule has 2 unspecified atom stereocenters. The van der Waals surface area contributed by atoms with Crippen molar-refractivity contribution < 1.29 is 152 Å². The molecule has 1 N–H and O–H groups in total. The zero-order valence-electron chi connectivity index (χ0n) is 38.8. The summed E-state index contributed by atoms with van der Waals surface area (Å²) in [5.41, 5.74) is -4.29. The van der Waals surface area contributed by atoms with Gasteiger partial charge in [-0.3, -0.25) is 9.59 Å². The lowest BCUT2D eigenvalue weighted by Crippen LogP contribution is -2.61. The average Bonchev–Trinajstić information content (AvgIpc) is 3.27. The Labute approximate surface area is 426 Å². The van der Waals surface area contributed by atoms with Crippen LogP contribution in [0, 0.1) is 6.92 Å². The molecule has 0 aliphatic rings. The Morgan fingerprint density at radius 3 is 1.23 bits per heavy atom. The summed E-state index contributed by atoms with van der Waals surface area (Å²) < 4.78 is 346. The van der Waals surface area contributed by atoms with E-state index in [-0.39, 0.29) is 11.1 Å². The summed E-state index contributed by atoms with van der Waals surface area (Å²) in [4.78, 5) is 48.8. The summed E-state index contributed by atoms with van der Waals surface area (Å²) in [5.74, 6) is -30.5. The number of nitrogens with one attached hydrogen (secondary N) is 1. The molecule has 1 amide bonds. The molecule has 0 aliphatic carbocycles. The van der Waals surface area contributed by atoms with Gasteiger partial charge in [0.05, 0.1) is 13.2 Å². The Bertz CT molecular complexity index is 2660. The summed E-state index contributed by atoms with van der Waals surface area (Å²) in [6.07, 6.45) is -33.3. The van der Waals surface area contributed by atoms with E-state index in [0.717, 1.165) is 12.1 Å². The maximum Gasteiger partial charge on any atom is 0.466 e. The van der Waals surface area contributed by atoms with Gasteiger partial charge in [0.1, 0.15) is 11.1 Å². The van der Waals surface area contributed by atoms with Crippen molar-refractivity contribution in [2.75, 3.05) is 13.2 Å². The lowest BCUT2D eigenvalue weighted by molar-refractivity contribution is -0.348. The Kier molecular flexibility index (Phi) is 23.1. The van der Waals surface area contributed by atoms with Crippen molar-refractivity contribution in [1.82, 2.24) is 5.32 Å². The van der Waals surface area contributed by atoms with Crippen molar-refractivity contribution in [1.29, 1.82) is 0 Å². The van der Waals surface area contributed by atoms with E-state index in [1.165, 1.54) is 42.5 Å². The van der Waals surface area contributed by atoms with Gasteiger partial charge in [0.25, 0.3) is 0 Å². The van der Waals surface area contributed by atoms with Gasteiger partial charge in [0.15, 0.2) is 20.2 Å². The average molecular weight is 1210 g/mol. The van der Waals surface area contributed by atoms with Crippen molar-refractivity contribution >= 4 is 43.9 Å². The molecule has 0 aliphatic heterocycles. The van der Waals surface area contributed by atoms with Gasteiger partial charge in [-0.2, -0.15) is 87.8 Å². The molecular weight excluding hydrogens is 1170 g/mol. The van der Waals surface area contributed by atoms with Gasteiger partial charge in [-0.05, 0) is 43.7 Å². The lowest BCUT2D eigenvalue weighted by Gasteiger charge is -2.34. The number of halogens is 20. The molecule has 0 bridgehead atoms. The molecule has 444 valence electrons. The summed E-state index contributed by atoms with van der Waals surface area (Å²) in [7, 11) is -13.7. The number of Topliss-reactive ketones (excluding diaryl/α,β-unsaturated/α-hetero) is 1. The zero-order chi connectivity index (χ0) is 61.2. The molecule has 15 nitrogen and oxygen atoms in total. The van der Waals surface area contributed by atoms with E-state index in [4.69, 9.17) is 0 Å². The number of ketones is 1. The van der Waals surface area contributed by atoms with Crippen molar-refractivity contribution in [2.45, 2.75) is 117 Å². The van der Waals surface area contributed by atoms with Crippen LogP contribution in [0.25, 0.3) is 0 Å². The second-order valence-corrected chi connectivity index (χ2v) is 18.5. The molecule has 0 heterocycles. The number of alkyl halides is 20. The Morgan fingerprint density at radius 1 is 0.526 bits per heavy atom. The van der Waals surface area contributed by atoms with Crippen LogP contribution in [0.3, 0.4) is 0 Å². The maximum absolute atomic E-state index is 14.0. The van der Waals surface area contributed by atoms with Crippen LogP contribution < -0.4 is 5.32 Å². The number of carbonyl (C=O) groups excluding carboxylic acids is 4. The fraction of sp³-hybridized carbons (Fsp3) is 0.512. The summed E-state index contributed by atoms with van der Waals surface area (Å²) in [6.45, 7) is 2.38. The van der Waals surface area contributed by atoms with Crippen LogP contribution in [0.2, 0.25) is 0 Å². The number of ether oxygens (including phenoxy) is 4. The van der Waals surface area contributed by atoms with E-state index >= 15 is 0 Å². The zero-order valence-corrected chi connectivity index (χ0v) is 40.4. The number of unbranched alkanes of at least 4 members (excludes halogenated alkanes) is 2. The van der Waals surface area contributed by atoms with Crippen molar-refractivity contribution in [2.24, 2.45) is 0 Å². The highest BCUT2D eigenvalue weighted by Crippen LogP contribution is 2.44. The second kappa shape index (κ2) is 25.6. The number of aryl methyl sites for hydroxylation is 1. The number of rotatable bonds is 26.